The van der Waals surface area contributed by atoms with Crippen LogP contribution in [0.5, 0.6) is 0 Å². The average molecular weight is 247 g/mol. The van der Waals surface area contributed by atoms with Crippen LogP contribution in [0.15, 0.2) is 39.0 Å². The van der Waals surface area contributed by atoms with Gasteiger partial charge in [-0.25, -0.2) is 4.98 Å². The van der Waals surface area contributed by atoms with E-state index in [1.807, 2.05) is 32.0 Å². The highest BCUT2D eigenvalue weighted by Gasteiger charge is 2.10. The van der Waals surface area contributed by atoms with Crippen LogP contribution in [-0.2, 0) is 0 Å². The molecule has 0 fully saturated rings. The van der Waals surface area contributed by atoms with Crippen LogP contribution in [0.3, 0.4) is 0 Å². The number of amidine groups is 1. The maximum Gasteiger partial charge on any atom is 0.260 e. The fraction of sp³-hybridized carbons (Fsp3) is 0.167. The topological polar surface area (TPSA) is 75.9 Å². The van der Waals surface area contributed by atoms with Crippen LogP contribution in [0.1, 0.15) is 16.8 Å². The molecule has 0 bridgehead atoms. The molecule has 0 aliphatic rings. The van der Waals surface area contributed by atoms with Gasteiger partial charge in [-0.2, -0.15) is 0 Å². The predicted molar refractivity (Wildman–Crippen MR) is 67.6 cm³/mol. The first-order chi connectivity index (χ1) is 8.06. The number of oxazole rings is 1. The quantitative estimate of drug-likeness (QED) is 0.646. The van der Waals surface area contributed by atoms with Crippen LogP contribution < -0.4 is 5.73 Å². The second-order valence-electron chi connectivity index (χ2n) is 3.77. The number of nitrogens with one attached hydrogen (secondary N) is 1. The molecule has 1 aromatic carbocycles. The second kappa shape index (κ2) is 4.63. The van der Waals surface area contributed by atoms with Gasteiger partial charge < -0.3 is 10.2 Å². The van der Waals surface area contributed by atoms with Crippen molar-refractivity contribution in [3.63, 3.8) is 0 Å². The molecule has 0 spiro atoms. The molecule has 0 unspecified atom stereocenters. The van der Waals surface area contributed by atoms with Crippen LogP contribution in [0.25, 0.3) is 0 Å². The van der Waals surface area contributed by atoms with Gasteiger partial charge in [-0.1, -0.05) is 6.07 Å². The van der Waals surface area contributed by atoms with Gasteiger partial charge in [-0.3, -0.25) is 5.41 Å². The molecule has 0 aliphatic heterocycles. The molecule has 2 aromatic rings. The molecule has 3 N–H and O–H groups in total. The lowest BCUT2D eigenvalue weighted by molar-refractivity contribution is 0.454. The molecule has 4 nitrogen and oxygen atoms in total. The summed E-state index contributed by atoms with van der Waals surface area (Å²) in [6.07, 6.45) is 1.60. The summed E-state index contributed by atoms with van der Waals surface area (Å²) >= 11 is 1.38. The zero-order chi connectivity index (χ0) is 12.4. The van der Waals surface area contributed by atoms with Gasteiger partial charge >= 0.3 is 0 Å². The lowest BCUT2D eigenvalue weighted by Crippen LogP contribution is -2.12. The molecule has 0 aliphatic carbocycles. The molecule has 17 heavy (non-hydrogen) atoms. The van der Waals surface area contributed by atoms with E-state index in [1.54, 1.807) is 6.26 Å². The number of nitrogen functional groups attached to an aromatic ring is 1. The van der Waals surface area contributed by atoms with Gasteiger partial charge in [0.25, 0.3) is 5.22 Å². The number of nitrogens with zero attached hydrogens (tertiary/aromatic N) is 1. The molecule has 2 rings (SSSR count). The van der Waals surface area contributed by atoms with Crippen molar-refractivity contribution in [1.29, 1.82) is 5.41 Å². The fourth-order valence-electron chi connectivity index (χ4n) is 1.41. The Morgan fingerprint density at radius 2 is 2.18 bits per heavy atom. The Balaban J connectivity index is 2.37. The normalized spacial score (nSPS) is 10.5. The van der Waals surface area contributed by atoms with Crippen molar-refractivity contribution in [3.05, 3.63) is 41.3 Å². The summed E-state index contributed by atoms with van der Waals surface area (Å²) < 4.78 is 5.28. The van der Waals surface area contributed by atoms with Gasteiger partial charge in [-0.05, 0) is 43.3 Å². The molecule has 0 amide bonds. The summed E-state index contributed by atoms with van der Waals surface area (Å²) in [6, 6.07) is 5.75. The molecular weight excluding hydrogens is 234 g/mol. The largest absolute Gasteiger partial charge is 0.439 e. The van der Waals surface area contributed by atoms with E-state index in [-0.39, 0.29) is 5.84 Å². The summed E-state index contributed by atoms with van der Waals surface area (Å²) in [5.74, 6) is 0.0516. The Morgan fingerprint density at radius 3 is 2.76 bits per heavy atom. The number of hydrogen-bond acceptors (Lipinski definition) is 4. The minimum absolute atomic E-state index is 0.0516. The van der Waals surface area contributed by atoms with Crippen LogP contribution >= 0.6 is 11.8 Å². The molecule has 1 aromatic heterocycles. The highest BCUT2D eigenvalue weighted by atomic mass is 32.2. The average Bonchev–Trinajstić information content (AvgIpc) is 2.63. The van der Waals surface area contributed by atoms with Gasteiger partial charge in [0.15, 0.2) is 0 Å². The molecule has 0 radical (unpaired) electrons. The summed E-state index contributed by atoms with van der Waals surface area (Å²) in [5, 5.41) is 8.10. The first-order valence-electron chi connectivity index (χ1n) is 5.11. The molecule has 88 valence electrons. The van der Waals surface area contributed by atoms with E-state index in [1.165, 1.54) is 11.8 Å². The van der Waals surface area contributed by atoms with E-state index in [0.717, 1.165) is 16.2 Å². The van der Waals surface area contributed by atoms with Crippen LogP contribution in [0.2, 0.25) is 0 Å². The number of aryl methyl sites for hydroxylation is 2. The van der Waals surface area contributed by atoms with E-state index in [4.69, 9.17) is 15.6 Å². The first-order valence-corrected chi connectivity index (χ1v) is 5.93. The number of hydrogen-bond donors (Lipinski definition) is 2. The summed E-state index contributed by atoms with van der Waals surface area (Å²) in [5.41, 5.74) is 8.20. The molecular formula is C12H13N3OS. The lowest BCUT2D eigenvalue weighted by Gasteiger charge is -2.06. The Hall–Kier alpha value is -1.75. The van der Waals surface area contributed by atoms with Crippen molar-refractivity contribution in [3.8, 4) is 0 Å². The van der Waals surface area contributed by atoms with E-state index < -0.39 is 0 Å². The Labute approximate surface area is 104 Å². The highest BCUT2D eigenvalue weighted by Crippen LogP contribution is 2.30. The number of aromatic nitrogens is 1. The minimum Gasteiger partial charge on any atom is -0.439 e. The zero-order valence-electron chi connectivity index (χ0n) is 9.65. The van der Waals surface area contributed by atoms with Gasteiger partial charge in [-0.15, -0.1) is 0 Å². The zero-order valence-corrected chi connectivity index (χ0v) is 10.5. The van der Waals surface area contributed by atoms with Gasteiger partial charge in [0.2, 0.25) is 0 Å². The van der Waals surface area contributed by atoms with E-state index in [0.29, 0.717) is 10.8 Å². The van der Waals surface area contributed by atoms with Crippen molar-refractivity contribution >= 4 is 17.6 Å². The summed E-state index contributed by atoms with van der Waals surface area (Å²) in [7, 11) is 0. The van der Waals surface area contributed by atoms with E-state index in [2.05, 4.69) is 4.98 Å². The molecule has 0 saturated carbocycles. The van der Waals surface area contributed by atoms with Crippen molar-refractivity contribution < 1.29 is 4.42 Å². The molecule has 0 saturated heterocycles. The van der Waals surface area contributed by atoms with Crippen molar-refractivity contribution in [2.24, 2.45) is 5.73 Å². The molecule has 0 atom stereocenters. The van der Waals surface area contributed by atoms with Gasteiger partial charge in [0.05, 0.1) is 5.69 Å². The van der Waals surface area contributed by atoms with E-state index >= 15 is 0 Å². The summed E-state index contributed by atoms with van der Waals surface area (Å²) in [4.78, 5) is 5.11. The van der Waals surface area contributed by atoms with Gasteiger partial charge in [0.1, 0.15) is 12.1 Å². The Morgan fingerprint density at radius 1 is 1.41 bits per heavy atom. The highest BCUT2D eigenvalue weighted by molar-refractivity contribution is 7.99. The standard InChI is InChI=1S/C12H13N3OS/c1-7-3-4-9(11(13)14)10(5-7)17-12-15-8(2)6-16-12/h3-6H,1-2H3,(H3,13,14). The monoisotopic (exact) mass is 247 g/mol. The second-order valence-corrected chi connectivity index (χ2v) is 4.76. The Kier molecular flexibility index (Phi) is 3.19. The summed E-state index contributed by atoms with van der Waals surface area (Å²) in [6.45, 7) is 3.87. The lowest BCUT2D eigenvalue weighted by atomic mass is 10.1. The third-order valence-corrected chi connectivity index (χ3v) is 3.14. The maximum atomic E-state index is 7.53. The van der Waals surface area contributed by atoms with Crippen LogP contribution in [-0.4, -0.2) is 10.8 Å². The first kappa shape index (κ1) is 11.7. The minimum atomic E-state index is 0.0516. The van der Waals surface area contributed by atoms with Crippen molar-refractivity contribution in [2.45, 2.75) is 24.0 Å². The van der Waals surface area contributed by atoms with Crippen LogP contribution in [0.4, 0.5) is 0 Å². The van der Waals surface area contributed by atoms with Crippen molar-refractivity contribution in [1.82, 2.24) is 4.98 Å². The number of rotatable bonds is 3. The van der Waals surface area contributed by atoms with Crippen molar-refractivity contribution in [2.75, 3.05) is 0 Å². The Bertz CT molecular complexity index is 563. The molecule has 5 heteroatoms. The number of nitrogens with two attached hydrogens (primary N) is 1. The third-order valence-electron chi connectivity index (χ3n) is 2.22. The smallest absolute Gasteiger partial charge is 0.260 e. The van der Waals surface area contributed by atoms with Gasteiger partial charge in [0, 0.05) is 10.5 Å². The predicted octanol–water partition coefficient (Wildman–Crippen LogP) is 2.73. The van der Waals surface area contributed by atoms with E-state index in [9.17, 15) is 0 Å². The molecule has 1 heterocycles. The SMILES string of the molecule is Cc1ccc(C(=N)N)c(Sc2nc(C)co2)c1. The fourth-order valence-corrected chi connectivity index (χ4v) is 2.42. The number of benzene rings is 1. The third kappa shape index (κ3) is 2.68. The maximum absolute atomic E-state index is 7.53. The van der Waals surface area contributed by atoms with Crippen LogP contribution in [0, 0.1) is 19.3 Å².